The summed E-state index contributed by atoms with van der Waals surface area (Å²) >= 11 is 1.54. The van der Waals surface area contributed by atoms with Crippen LogP contribution in [0.5, 0.6) is 0 Å². The number of carbonyl (C=O) groups excluding carboxylic acids is 2. The van der Waals surface area contributed by atoms with Crippen LogP contribution in [-0.2, 0) is 5.75 Å². The van der Waals surface area contributed by atoms with Gasteiger partial charge in [0, 0.05) is 29.1 Å². The summed E-state index contributed by atoms with van der Waals surface area (Å²) in [5.74, 6) is 0.339. The van der Waals surface area contributed by atoms with Crippen LogP contribution in [0.2, 0.25) is 0 Å². The summed E-state index contributed by atoms with van der Waals surface area (Å²) in [5.41, 5.74) is 2.71. The molecule has 2 amide bonds. The van der Waals surface area contributed by atoms with E-state index in [0.717, 1.165) is 16.5 Å². The van der Waals surface area contributed by atoms with Crippen LogP contribution in [-0.4, -0.2) is 33.5 Å². The number of aromatic nitrogens is 3. The zero-order valence-corrected chi connectivity index (χ0v) is 15.5. The average Bonchev–Trinajstić information content (AvgIpc) is 3.21. The number of amides is 2. The zero-order valence-electron chi connectivity index (χ0n) is 14.7. The molecule has 0 bridgehead atoms. The molecule has 0 saturated heterocycles. The van der Waals surface area contributed by atoms with Crippen LogP contribution >= 0.6 is 11.8 Å². The maximum absolute atomic E-state index is 12.4. The first-order chi connectivity index (χ1) is 13.2. The molecule has 8 heteroatoms. The van der Waals surface area contributed by atoms with E-state index in [1.54, 1.807) is 36.4 Å². The van der Waals surface area contributed by atoms with Gasteiger partial charge < -0.3 is 10.6 Å². The fourth-order valence-corrected chi connectivity index (χ4v) is 3.11. The number of benzene rings is 2. The van der Waals surface area contributed by atoms with Crippen molar-refractivity contribution in [3.63, 3.8) is 0 Å². The van der Waals surface area contributed by atoms with Crippen molar-refractivity contribution in [2.75, 3.05) is 11.9 Å². The van der Waals surface area contributed by atoms with E-state index in [4.69, 9.17) is 0 Å². The van der Waals surface area contributed by atoms with E-state index in [1.165, 1.54) is 18.1 Å². The summed E-state index contributed by atoms with van der Waals surface area (Å²) < 4.78 is 0. The molecular weight excluding hydrogens is 362 g/mol. The van der Waals surface area contributed by atoms with E-state index < -0.39 is 0 Å². The predicted molar refractivity (Wildman–Crippen MR) is 105 cm³/mol. The van der Waals surface area contributed by atoms with Crippen LogP contribution in [0.3, 0.4) is 0 Å². The number of aromatic amines is 1. The van der Waals surface area contributed by atoms with Gasteiger partial charge in [-0.1, -0.05) is 30.0 Å². The number of hydrogen-bond donors (Lipinski definition) is 3. The van der Waals surface area contributed by atoms with E-state index in [0.29, 0.717) is 23.4 Å². The minimum Gasteiger partial charge on any atom is -0.352 e. The molecular formula is C19H19N5O2S. The Labute approximate surface area is 161 Å². The molecule has 0 aliphatic rings. The number of hydrogen-bond acceptors (Lipinski definition) is 5. The van der Waals surface area contributed by atoms with E-state index in [9.17, 15) is 9.59 Å². The Morgan fingerprint density at radius 3 is 2.59 bits per heavy atom. The highest BCUT2D eigenvalue weighted by molar-refractivity contribution is 7.98. The van der Waals surface area contributed by atoms with E-state index in [2.05, 4.69) is 25.8 Å². The second kappa shape index (κ2) is 9.00. The van der Waals surface area contributed by atoms with Gasteiger partial charge in [-0.3, -0.25) is 14.7 Å². The lowest BCUT2D eigenvalue weighted by Gasteiger charge is -2.08. The fraction of sp³-hybridized carbons (Fsp3) is 0.158. The molecule has 3 rings (SSSR count). The van der Waals surface area contributed by atoms with Crippen molar-refractivity contribution in [3.05, 3.63) is 71.5 Å². The van der Waals surface area contributed by atoms with Crippen molar-refractivity contribution in [1.82, 2.24) is 20.5 Å². The standard InChI is InChI=1S/C19H19N5O2S/c1-2-20-17(25)15-4-3-5-16(10-15)23-18(26)14-8-6-13(7-9-14)11-27-19-21-12-22-24-19/h3-10,12H,2,11H2,1H3,(H,20,25)(H,23,26)(H,21,22,24). The lowest BCUT2D eigenvalue weighted by atomic mass is 10.1. The number of thioether (sulfide) groups is 1. The van der Waals surface area contributed by atoms with Crippen molar-refractivity contribution in [2.45, 2.75) is 17.8 Å². The third kappa shape index (κ3) is 5.18. The van der Waals surface area contributed by atoms with Crippen molar-refractivity contribution in [1.29, 1.82) is 0 Å². The van der Waals surface area contributed by atoms with E-state index >= 15 is 0 Å². The van der Waals surface area contributed by atoms with Crippen LogP contribution < -0.4 is 10.6 Å². The molecule has 0 spiro atoms. The van der Waals surface area contributed by atoms with Gasteiger partial charge in [0.1, 0.15) is 6.33 Å². The minimum atomic E-state index is -0.225. The van der Waals surface area contributed by atoms with Gasteiger partial charge in [0.2, 0.25) is 0 Å². The lowest BCUT2D eigenvalue weighted by Crippen LogP contribution is -2.22. The normalized spacial score (nSPS) is 10.4. The SMILES string of the molecule is CCNC(=O)c1cccc(NC(=O)c2ccc(CSc3ncn[nH]3)cc2)c1. The molecule has 138 valence electrons. The number of H-pyrrole nitrogens is 1. The first kappa shape index (κ1) is 18.7. The fourth-order valence-electron chi connectivity index (χ4n) is 2.37. The predicted octanol–water partition coefficient (Wildman–Crippen LogP) is 3.10. The van der Waals surface area contributed by atoms with Gasteiger partial charge >= 0.3 is 0 Å². The second-order valence-corrected chi connectivity index (χ2v) is 6.63. The Balaban J connectivity index is 1.61. The lowest BCUT2D eigenvalue weighted by molar-refractivity contribution is 0.0954. The molecule has 0 atom stereocenters. The molecule has 3 aromatic rings. The first-order valence-corrected chi connectivity index (χ1v) is 9.41. The largest absolute Gasteiger partial charge is 0.352 e. The molecule has 0 aliphatic carbocycles. The molecule has 0 radical (unpaired) electrons. The van der Waals surface area contributed by atoms with Crippen molar-refractivity contribution < 1.29 is 9.59 Å². The number of nitrogens with one attached hydrogen (secondary N) is 3. The molecule has 1 heterocycles. The first-order valence-electron chi connectivity index (χ1n) is 8.42. The highest BCUT2D eigenvalue weighted by Crippen LogP contribution is 2.19. The average molecular weight is 381 g/mol. The molecule has 0 aliphatic heterocycles. The number of anilines is 1. The molecule has 0 saturated carbocycles. The maximum Gasteiger partial charge on any atom is 0.255 e. The summed E-state index contributed by atoms with van der Waals surface area (Å²) in [6.07, 6.45) is 1.47. The van der Waals surface area contributed by atoms with Crippen molar-refractivity contribution in [2.24, 2.45) is 0 Å². The topological polar surface area (TPSA) is 99.8 Å². The van der Waals surface area contributed by atoms with Gasteiger partial charge in [0.15, 0.2) is 5.16 Å². The minimum absolute atomic E-state index is 0.165. The molecule has 0 unspecified atom stereocenters. The Morgan fingerprint density at radius 1 is 1.07 bits per heavy atom. The second-order valence-electron chi connectivity index (χ2n) is 5.67. The Hall–Kier alpha value is -3.13. The van der Waals surface area contributed by atoms with Gasteiger partial charge in [-0.05, 0) is 42.8 Å². The molecule has 27 heavy (non-hydrogen) atoms. The van der Waals surface area contributed by atoms with Crippen LogP contribution in [0.25, 0.3) is 0 Å². The number of carbonyl (C=O) groups is 2. The highest BCUT2D eigenvalue weighted by Gasteiger charge is 2.09. The quantitative estimate of drug-likeness (QED) is 0.546. The number of rotatable bonds is 7. The molecule has 2 aromatic carbocycles. The Morgan fingerprint density at radius 2 is 1.89 bits per heavy atom. The third-order valence-corrected chi connectivity index (χ3v) is 4.65. The Kier molecular flexibility index (Phi) is 6.22. The van der Waals surface area contributed by atoms with Gasteiger partial charge in [-0.2, -0.15) is 5.10 Å². The van der Waals surface area contributed by atoms with E-state index in [1.807, 2.05) is 19.1 Å². The highest BCUT2D eigenvalue weighted by atomic mass is 32.2. The maximum atomic E-state index is 12.4. The van der Waals surface area contributed by atoms with Crippen LogP contribution in [0, 0.1) is 0 Å². The third-order valence-electron chi connectivity index (χ3n) is 3.70. The summed E-state index contributed by atoms with van der Waals surface area (Å²) in [7, 11) is 0. The van der Waals surface area contributed by atoms with Crippen LogP contribution in [0.4, 0.5) is 5.69 Å². The summed E-state index contributed by atoms with van der Waals surface area (Å²) in [5, 5.41) is 12.9. The van der Waals surface area contributed by atoms with Crippen molar-refractivity contribution in [3.8, 4) is 0 Å². The number of nitrogens with zero attached hydrogens (tertiary/aromatic N) is 2. The van der Waals surface area contributed by atoms with Crippen LogP contribution in [0.1, 0.15) is 33.2 Å². The molecule has 0 fully saturated rings. The van der Waals surface area contributed by atoms with Crippen molar-refractivity contribution >= 4 is 29.3 Å². The van der Waals surface area contributed by atoms with Gasteiger partial charge in [0.25, 0.3) is 11.8 Å². The summed E-state index contributed by atoms with van der Waals surface area (Å²) in [6, 6.07) is 14.2. The molecule has 3 N–H and O–H groups in total. The monoisotopic (exact) mass is 381 g/mol. The zero-order chi connectivity index (χ0) is 19.1. The summed E-state index contributed by atoms with van der Waals surface area (Å²) in [4.78, 5) is 28.4. The van der Waals surface area contributed by atoms with Gasteiger partial charge in [0.05, 0.1) is 0 Å². The summed E-state index contributed by atoms with van der Waals surface area (Å²) in [6.45, 7) is 2.41. The smallest absolute Gasteiger partial charge is 0.255 e. The Bertz CT molecular complexity index is 910. The van der Waals surface area contributed by atoms with E-state index in [-0.39, 0.29) is 11.8 Å². The van der Waals surface area contributed by atoms with Gasteiger partial charge in [-0.15, -0.1) is 0 Å². The molecule has 1 aromatic heterocycles. The molecule has 7 nitrogen and oxygen atoms in total. The van der Waals surface area contributed by atoms with Crippen LogP contribution in [0.15, 0.2) is 60.0 Å². The van der Waals surface area contributed by atoms with Gasteiger partial charge in [-0.25, -0.2) is 4.98 Å².